The summed E-state index contributed by atoms with van der Waals surface area (Å²) in [7, 11) is 0. The quantitative estimate of drug-likeness (QED) is 0.882. The number of ether oxygens (including phenoxy) is 1. The number of nitrogens with one attached hydrogen (secondary N) is 1. The van der Waals surface area contributed by atoms with Crippen molar-refractivity contribution in [3.8, 4) is 5.75 Å². The van der Waals surface area contributed by atoms with Crippen LogP contribution in [0.2, 0.25) is 0 Å². The van der Waals surface area contributed by atoms with Crippen LogP contribution in [0, 0.1) is 6.92 Å². The van der Waals surface area contributed by atoms with Crippen LogP contribution in [0.4, 0.5) is 0 Å². The van der Waals surface area contributed by atoms with E-state index in [1.165, 1.54) is 0 Å². The Kier molecular flexibility index (Phi) is 3.49. The number of aromatic nitrogens is 1. The number of aromatic amines is 1. The van der Waals surface area contributed by atoms with E-state index in [-0.39, 0.29) is 11.7 Å². The van der Waals surface area contributed by atoms with Crippen LogP contribution in [0.15, 0.2) is 29.2 Å². The van der Waals surface area contributed by atoms with E-state index in [1.54, 1.807) is 6.20 Å². The van der Waals surface area contributed by atoms with Gasteiger partial charge < -0.3 is 15.5 Å². The molecule has 1 aliphatic rings. The Hall–Kier alpha value is -1.81. The number of hydrogen-bond acceptors (Lipinski definition) is 3. The number of aryl methyl sites for hydroxylation is 1. The van der Waals surface area contributed by atoms with E-state index in [9.17, 15) is 4.79 Å². The molecule has 4 nitrogen and oxygen atoms in total. The lowest BCUT2D eigenvalue weighted by atomic mass is 9.93. The van der Waals surface area contributed by atoms with E-state index in [0.29, 0.717) is 11.4 Å². The Labute approximate surface area is 117 Å². The molecule has 0 bridgehead atoms. The number of H-pyrrole nitrogens is 1. The number of benzene rings is 1. The summed E-state index contributed by atoms with van der Waals surface area (Å²) in [5.41, 5.74) is 6.87. The van der Waals surface area contributed by atoms with Gasteiger partial charge in [-0.25, -0.2) is 0 Å². The van der Waals surface area contributed by atoms with Gasteiger partial charge in [-0.3, -0.25) is 4.79 Å². The molecule has 0 amide bonds. The first kappa shape index (κ1) is 13.2. The maximum atomic E-state index is 11.8. The van der Waals surface area contributed by atoms with Gasteiger partial charge in [0.1, 0.15) is 5.75 Å². The van der Waals surface area contributed by atoms with Gasteiger partial charge in [0.2, 0.25) is 0 Å². The molecule has 0 saturated heterocycles. The lowest BCUT2D eigenvalue weighted by Crippen LogP contribution is -2.31. The van der Waals surface area contributed by atoms with Crippen LogP contribution in [0.25, 0.3) is 10.8 Å². The van der Waals surface area contributed by atoms with E-state index in [2.05, 4.69) is 4.98 Å². The van der Waals surface area contributed by atoms with E-state index in [4.69, 9.17) is 10.5 Å². The van der Waals surface area contributed by atoms with Gasteiger partial charge in [0.15, 0.2) is 0 Å². The molecule has 2 aromatic rings. The van der Waals surface area contributed by atoms with Gasteiger partial charge in [-0.15, -0.1) is 0 Å². The summed E-state index contributed by atoms with van der Waals surface area (Å²) in [5, 5.41) is 1.63. The molecule has 3 rings (SSSR count). The highest BCUT2D eigenvalue weighted by Gasteiger charge is 2.20. The van der Waals surface area contributed by atoms with Crippen LogP contribution >= 0.6 is 0 Å². The van der Waals surface area contributed by atoms with Gasteiger partial charge in [-0.05, 0) is 61.8 Å². The molecule has 1 heterocycles. The summed E-state index contributed by atoms with van der Waals surface area (Å²) in [6.07, 6.45) is 5.98. The average molecular weight is 272 g/mol. The second-order valence-corrected chi connectivity index (χ2v) is 5.67. The standard InChI is InChI=1S/C16H20N2O2/c1-10-8-14-11(6-7-18-16(14)19)9-15(10)20-13-4-2-12(17)3-5-13/h6-9,12-13H,2-5,17H2,1H3,(H,18,19). The molecule has 3 N–H and O–H groups in total. The summed E-state index contributed by atoms with van der Waals surface area (Å²) < 4.78 is 6.11. The van der Waals surface area contributed by atoms with Gasteiger partial charge in [0.05, 0.1) is 6.10 Å². The van der Waals surface area contributed by atoms with E-state index in [1.807, 2.05) is 25.1 Å². The van der Waals surface area contributed by atoms with Crippen molar-refractivity contribution >= 4 is 10.8 Å². The molecule has 1 fully saturated rings. The third-order valence-corrected chi connectivity index (χ3v) is 4.08. The summed E-state index contributed by atoms with van der Waals surface area (Å²) >= 11 is 0. The molecule has 1 aromatic carbocycles. The minimum atomic E-state index is -0.0548. The zero-order chi connectivity index (χ0) is 14.1. The van der Waals surface area contributed by atoms with Crippen LogP contribution in [0.5, 0.6) is 5.75 Å². The van der Waals surface area contributed by atoms with Crippen LogP contribution in [-0.4, -0.2) is 17.1 Å². The second-order valence-electron chi connectivity index (χ2n) is 5.67. The summed E-state index contributed by atoms with van der Waals surface area (Å²) in [6, 6.07) is 6.10. The first-order chi connectivity index (χ1) is 9.63. The van der Waals surface area contributed by atoms with Crippen LogP contribution < -0.4 is 16.0 Å². The molecule has 0 spiro atoms. The predicted molar refractivity (Wildman–Crippen MR) is 80.2 cm³/mol. The normalized spacial score (nSPS) is 22.9. The molecular weight excluding hydrogens is 252 g/mol. The zero-order valence-electron chi connectivity index (χ0n) is 11.7. The number of pyridine rings is 1. The Balaban J connectivity index is 1.88. The summed E-state index contributed by atoms with van der Waals surface area (Å²) in [6.45, 7) is 1.98. The molecular formula is C16H20N2O2. The number of fused-ring (bicyclic) bond motifs is 1. The van der Waals surface area contributed by atoms with Crippen molar-refractivity contribution in [3.63, 3.8) is 0 Å². The topological polar surface area (TPSA) is 68.1 Å². The maximum Gasteiger partial charge on any atom is 0.255 e. The van der Waals surface area contributed by atoms with Crippen LogP contribution in [-0.2, 0) is 0 Å². The largest absolute Gasteiger partial charge is 0.490 e. The fourth-order valence-corrected chi connectivity index (χ4v) is 2.84. The lowest BCUT2D eigenvalue weighted by molar-refractivity contribution is 0.146. The Bertz CT molecular complexity index is 670. The van der Waals surface area contributed by atoms with Crippen molar-refractivity contribution in [1.29, 1.82) is 0 Å². The zero-order valence-corrected chi connectivity index (χ0v) is 11.7. The van der Waals surface area contributed by atoms with Gasteiger partial charge in [0, 0.05) is 17.6 Å². The van der Waals surface area contributed by atoms with Crippen LogP contribution in [0.1, 0.15) is 31.2 Å². The van der Waals surface area contributed by atoms with Gasteiger partial charge in [-0.2, -0.15) is 0 Å². The van der Waals surface area contributed by atoms with E-state index in [0.717, 1.165) is 42.4 Å². The molecule has 0 radical (unpaired) electrons. The molecule has 0 aliphatic heterocycles. The molecule has 106 valence electrons. The summed E-state index contributed by atoms with van der Waals surface area (Å²) in [4.78, 5) is 14.5. The van der Waals surface area contributed by atoms with E-state index < -0.39 is 0 Å². The second kappa shape index (κ2) is 5.29. The van der Waals surface area contributed by atoms with E-state index >= 15 is 0 Å². The highest BCUT2D eigenvalue weighted by atomic mass is 16.5. The first-order valence-corrected chi connectivity index (χ1v) is 7.18. The highest BCUT2D eigenvalue weighted by Crippen LogP contribution is 2.28. The fourth-order valence-electron chi connectivity index (χ4n) is 2.84. The molecule has 4 heteroatoms. The van der Waals surface area contributed by atoms with Crippen molar-refractivity contribution in [2.75, 3.05) is 0 Å². The maximum absolute atomic E-state index is 11.8. The molecule has 20 heavy (non-hydrogen) atoms. The number of nitrogens with two attached hydrogens (primary N) is 1. The molecule has 1 saturated carbocycles. The molecule has 1 aromatic heterocycles. The monoisotopic (exact) mass is 272 g/mol. The van der Waals surface area contributed by atoms with Crippen molar-refractivity contribution in [2.45, 2.75) is 44.8 Å². The van der Waals surface area contributed by atoms with Crippen molar-refractivity contribution in [1.82, 2.24) is 4.98 Å². The third kappa shape index (κ3) is 2.56. The molecule has 0 atom stereocenters. The minimum Gasteiger partial charge on any atom is -0.490 e. The van der Waals surface area contributed by atoms with Gasteiger partial charge >= 0.3 is 0 Å². The Morgan fingerprint density at radius 3 is 2.75 bits per heavy atom. The summed E-state index contributed by atoms with van der Waals surface area (Å²) in [5.74, 6) is 0.878. The SMILES string of the molecule is Cc1cc2c(=O)[nH]ccc2cc1OC1CCC(N)CC1. The van der Waals surface area contributed by atoms with Crippen LogP contribution in [0.3, 0.4) is 0 Å². The van der Waals surface area contributed by atoms with Crippen molar-refractivity contribution in [3.05, 3.63) is 40.3 Å². The highest BCUT2D eigenvalue weighted by molar-refractivity contribution is 5.83. The van der Waals surface area contributed by atoms with Crippen molar-refractivity contribution < 1.29 is 4.74 Å². The van der Waals surface area contributed by atoms with Gasteiger partial charge in [-0.1, -0.05) is 0 Å². The molecule has 0 unspecified atom stereocenters. The fraction of sp³-hybridized carbons (Fsp3) is 0.438. The lowest BCUT2D eigenvalue weighted by Gasteiger charge is -2.27. The Morgan fingerprint density at radius 1 is 1.25 bits per heavy atom. The van der Waals surface area contributed by atoms with Crippen molar-refractivity contribution in [2.24, 2.45) is 5.73 Å². The average Bonchev–Trinajstić information content (AvgIpc) is 2.43. The number of rotatable bonds is 2. The number of hydrogen-bond donors (Lipinski definition) is 2. The first-order valence-electron chi connectivity index (χ1n) is 7.18. The third-order valence-electron chi connectivity index (χ3n) is 4.08. The Morgan fingerprint density at radius 2 is 2.00 bits per heavy atom. The minimum absolute atomic E-state index is 0.0548. The van der Waals surface area contributed by atoms with Gasteiger partial charge in [0.25, 0.3) is 5.56 Å². The predicted octanol–water partition coefficient (Wildman–Crippen LogP) is 2.49. The smallest absolute Gasteiger partial charge is 0.255 e. The molecule has 1 aliphatic carbocycles.